The van der Waals surface area contributed by atoms with Crippen LogP contribution in [0.1, 0.15) is 12.6 Å². The van der Waals surface area contributed by atoms with E-state index in [-0.39, 0.29) is 24.0 Å². The number of benzene rings is 1. The number of fused-ring (bicyclic) bond motifs is 1. The molecule has 0 atom stereocenters. The summed E-state index contributed by atoms with van der Waals surface area (Å²) in [5, 5.41) is 1.21. The fourth-order valence-corrected chi connectivity index (χ4v) is 1.47. The maximum absolute atomic E-state index is 5.56. The molecule has 0 N–H and O–H groups in total. The highest BCUT2D eigenvalue weighted by molar-refractivity contribution is 5.77. The fourth-order valence-electron chi connectivity index (χ4n) is 1.47. The van der Waals surface area contributed by atoms with Gasteiger partial charge in [0.25, 0.3) is 0 Å². The van der Waals surface area contributed by atoms with Crippen LogP contribution in [0.15, 0.2) is 28.8 Å². The molecule has 1 heterocycles. The molecule has 0 fully saturated rings. The number of aromatic nitrogens is 1. The Morgan fingerprint density at radius 1 is 1.31 bits per heavy atom. The third-order valence-corrected chi connectivity index (χ3v) is 2.15. The van der Waals surface area contributed by atoms with Gasteiger partial charge in [-0.2, -0.15) is 0 Å². The molecular formula is C10H12INO. The number of para-hydroxylation sites is 1. The van der Waals surface area contributed by atoms with Crippen molar-refractivity contribution in [1.29, 1.82) is 0 Å². The molecule has 3 heteroatoms. The third-order valence-electron chi connectivity index (χ3n) is 2.15. The van der Waals surface area contributed by atoms with Crippen molar-refractivity contribution in [2.75, 3.05) is 0 Å². The van der Waals surface area contributed by atoms with Gasteiger partial charge < -0.3 is 24.0 Å². The highest BCUT2D eigenvalue weighted by atomic mass is 127. The Labute approximate surface area is 94.5 Å². The fraction of sp³-hybridized carbons (Fsp3) is 0.300. The average molecular weight is 289 g/mol. The Bertz CT molecular complexity index is 408. The average Bonchev–Trinajstić information content (AvgIpc) is 2.44. The minimum Gasteiger partial charge on any atom is -1.00 e. The lowest BCUT2D eigenvalue weighted by atomic mass is 10.2. The SMILES string of the molecule is CC[n+]1oc2ccccc2c1C.[I-]. The Hall–Kier alpha value is -0.580. The van der Waals surface area contributed by atoms with E-state index in [0.717, 1.165) is 12.1 Å². The van der Waals surface area contributed by atoms with Gasteiger partial charge in [-0.1, -0.05) is 12.1 Å². The van der Waals surface area contributed by atoms with E-state index in [1.807, 2.05) is 22.9 Å². The molecule has 0 amide bonds. The topological polar surface area (TPSA) is 17.0 Å². The first kappa shape index (κ1) is 10.5. The van der Waals surface area contributed by atoms with E-state index >= 15 is 0 Å². The molecule has 2 rings (SSSR count). The van der Waals surface area contributed by atoms with Crippen LogP contribution in [0.2, 0.25) is 0 Å². The lowest BCUT2D eigenvalue weighted by Crippen LogP contribution is -3.00. The summed E-state index contributed by atoms with van der Waals surface area (Å²) in [5.41, 5.74) is 2.17. The Kier molecular flexibility index (Phi) is 3.30. The van der Waals surface area contributed by atoms with Crippen molar-refractivity contribution in [1.82, 2.24) is 0 Å². The summed E-state index contributed by atoms with van der Waals surface area (Å²) < 4.78 is 7.47. The van der Waals surface area contributed by atoms with Crippen molar-refractivity contribution < 1.29 is 33.2 Å². The standard InChI is InChI=1S/C10H12NO.HI/c1-3-11-8(2)9-6-4-5-7-10(9)12-11;/h4-7H,3H2,1-2H3;1H/q+1;/p-1. The second-order valence-electron chi connectivity index (χ2n) is 2.87. The van der Waals surface area contributed by atoms with Crippen molar-refractivity contribution in [3.05, 3.63) is 30.0 Å². The molecule has 0 bridgehead atoms. The number of nitrogens with zero attached hydrogens (tertiary/aromatic N) is 1. The zero-order valence-corrected chi connectivity index (χ0v) is 9.91. The first-order chi connectivity index (χ1) is 5.83. The van der Waals surface area contributed by atoms with Crippen LogP contribution in [-0.4, -0.2) is 0 Å². The van der Waals surface area contributed by atoms with Gasteiger partial charge in [-0.15, -0.1) is 0 Å². The van der Waals surface area contributed by atoms with Gasteiger partial charge in [0.05, 0.1) is 5.39 Å². The summed E-state index contributed by atoms with van der Waals surface area (Å²) in [6.45, 7) is 5.05. The molecule has 2 aromatic rings. The van der Waals surface area contributed by atoms with E-state index < -0.39 is 0 Å². The minimum absolute atomic E-state index is 0. The summed E-state index contributed by atoms with van der Waals surface area (Å²) in [7, 11) is 0. The second kappa shape index (κ2) is 4.09. The smallest absolute Gasteiger partial charge is 0.236 e. The van der Waals surface area contributed by atoms with Crippen molar-refractivity contribution in [3.8, 4) is 0 Å². The largest absolute Gasteiger partial charge is 1.00 e. The van der Waals surface area contributed by atoms with Gasteiger partial charge >= 0.3 is 0 Å². The predicted molar refractivity (Wildman–Crippen MR) is 46.8 cm³/mol. The van der Waals surface area contributed by atoms with Crippen LogP contribution in [0, 0.1) is 6.92 Å². The Morgan fingerprint density at radius 2 is 2.00 bits per heavy atom. The first-order valence-corrected chi connectivity index (χ1v) is 4.21. The second-order valence-corrected chi connectivity index (χ2v) is 2.87. The lowest BCUT2D eigenvalue weighted by Gasteiger charge is -1.80. The molecule has 70 valence electrons. The summed E-state index contributed by atoms with van der Waals surface area (Å²) in [4.78, 5) is 0. The van der Waals surface area contributed by atoms with Crippen LogP contribution in [0.5, 0.6) is 0 Å². The van der Waals surface area contributed by atoms with Gasteiger partial charge in [-0.25, -0.2) is 4.52 Å². The molecule has 0 aliphatic rings. The van der Waals surface area contributed by atoms with Crippen LogP contribution >= 0.6 is 0 Å². The number of hydrogen-bond acceptors (Lipinski definition) is 1. The molecule has 0 spiro atoms. The zero-order valence-electron chi connectivity index (χ0n) is 7.75. The predicted octanol–water partition coefficient (Wildman–Crippen LogP) is -0.947. The van der Waals surface area contributed by atoms with E-state index in [1.165, 1.54) is 11.1 Å². The van der Waals surface area contributed by atoms with Crippen LogP contribution in [0.4, 0.5) is 0 Å². The molecule has 0 aliphatic carbocycles. The van der Waals surface area contributed by atoms with Gasteiger partial charge in [-0.3, -0.25) is 0 Å². The lowest BCUT2D eigenvalue weighted by molar-refractivity contribution is -0.861. The van der Waals surface area contributed by atoms with Crippen LogP contribution in [0.25, 0.3) is 11.0 Å². The summed E-state index contributed by atoms with van der Waals surface area (Å²) in [6.07, 6.45) is 0. The number of aryl methyl sites for hydroxylation is 2. The summed E-state index contributed by atoms with van der Waals surface area (Å²) in [6, 6.07) is 8.10. The van der Waals surface area contributed by atoms with E-state index in [2.05, 4.69) is 19.9 Å². The molecule has 13 heavy (non-hydrogen) atoms. The van der Waals surface area contributed by atoms with Gasteiger partial charge in [-0.05, 0) is 23.8 Å². The molecule has 0 aliphatic heterocycles. The van der Waals surface area contributed by atoms with Gasteiger partial charge in [0.1, 0.15) is 0 Å². The van der Waals surface area contributed by atoms with Crippen LogP contribution in [-0.2, 0) is 6.54 Å². The quantitative estimate of drug-likeness (QED) is 0.489. The van der Waals surface area contributed by atoms with E-state index in [1.54, 1.807) is 0 Å². The van der Waals surface area contributed by atoms with E-state index in [9.17, 15) is 0 Å². The van der Waals surface area contributed by atoms with Crippen molar-refractivity contribution in [2.45, 2.75) is 20.4 Å². The molecular weight excluding hydrogens is 277 g/mol. The molecule has 0 radical (unpaired) electrons. The molecule has 1 aromatic heterocycles. The van der Waals surface area contributed by atoms with E-state index in [0.29, 0.717) is 0 Å². The monoisotopic (exact) mass is 289 g/mol. The Morgan fingerprint density at radius 3 is 2.62 bits per heavy atom. The van der Waals surface area contributed by atoms with Gasteiger partial charge in [0.2, 0.25) is 11.3 Å². The van der Waals surface area contributed by atoms with Gasteiger partial charge in [0.15, 0.2) is 6.54 Å². The van der Waals surface area contributed by atoms with Gasteiger partial charge in [0, 0.05) is 6.92 Å². The van der Waals surface area contributed by atoms with Crippen molar-refractivity contribution in [2.24, 2.45) is 0 Å². The molecule has 0 unspecified atom stereocenters. The summed E-state index contributed by atoms with van der Waals surface area (Å²) >= 11 is 0. The molecule has 0 saturated heterocycles. The maximum Gasteiger partial charge on any atom is 0.236 e. The number of rotatable bonds is 1. The molecule has 1 aromatic carbocycles. The van der Waals surface area contributed by atoms with Crippen molar-refractivity contribution >= 4 is 11.0 Å². The minimum atomic E-state index is 0. The zero-order chi connectivity index (χ0) is 8.55. The number of halogens is 1. The van der Waals surface area contributed by atoms with E-state index in [4.69, 9.17) is 4.52 Å². The first-order valence-electron chi connectivity index (χ1n) is 4.21. The maximum atomic E-state index is 5.56. The normalized spacial score (nSPS) is 10.0. The van der Waals surface area contributed by atoms with Crippen molar-refractivity contribution in [3.63, 3.8) is 0 Å². The molecule has 2 nitrogen and oxygen atoms in total. The Balaban J connectivity index is 0.000000845. The summed E-state index contributed by atoms with van der Waals surface area (Å²) in [5.74, 6) is 0. The highest BCUT2D eigenvalue weighted by Gasteiger charge is 2.14. The van der Waals surface area contributed by atoms with Crippen LogP contribution in [0.3, 0.4) is 0 Å². The molecule has 0 saturated carbocycles. The number of hydrogen-bond donors (Lipinski definition) is 0. The third kappa shape index (κ3) is 1.70. The van der Waals surface area contributed by atoms with Crippen LogP contribution < -0.4 is 28.7 Å². The highest BCUT2D eigenvalue weighted by Crippen LogP contribution is 2.14.